The van der Waals surface area contributed by atoms with Gasteiger partial charge in [-0.25, -0.2) is 9.98 Å². The van der Waals surface area contributed by atoms with Gasteiger partial charge in [-0.05, 0) is 25.7 Å². The Morgan fingerprint density at radius 2 is 1.95 bits per heavy atom. The molecule has 0 aromatic rings. The van der Waals surface area contributed by atoms with Gasteiger partial charge in [0.1, 0.15) is 23.5 Å². The fraction of sp³-hybridized carbons (Fsp3) is 0.571. The standard InChI is InChI=1S/C14H18N6/c1-20(2)10-17-13-12(11(8-15)9-16)18-14(19-13)6-4-3-5-7-14/h10,18H,3-7H2,1-2H3. The van der Waals surface area contributed by atoms with Gasteiger partial charge < -0.3 is 10.2 Å². The molecule has 1 saturated carbocycles. The summed E-state index contributed by atoms with van der Waals surface area (Å²) in [5, 5.41) is 21.4. The zero-order valence-corrected chi connectivity index (χ0v) is 11.8. The van der Waals surface area contributed by atoms with Crippen LogP contribution >= 0.6 is 0 Å². The lowest BCUT2D eigenvalue weighted by atomic mass is 9.90. The number of hydrogen-bond donors (Lipinski definition) is 1. The summed E-state index contributed by atoms with van der Waals surface area (Å²) >= 11 is 0. The van der Waals surface area contributed by atoms with Crippen molar-refractivity contribution < 1.29 is 0 Å². The molecule has 0 amide bonds. The van der Waals surface area contributed by atoms with E-state index in [2.05, 4.69) is 15.3 Å². The number of nitriles is 2. The number of nitrogens with zero attached hydrogens (tertiary/aromatic N) is 5. The lowest BCUT2D eigenvalue weighted by Gasteiger charge is -2.31. The largest absolute Gasteiger partial charge is 0.369 e. The molecule has 0 saturated heterocycles. The van der Waals surface area contributed by atoms with E-state index in [0.29, 0.717) is 11.5 Å². The first-order valence-electron chi connectivity index (χ1n) is 6.74. The first kappa shape index (κ1) is 14.1. The summed E-state index contributed by atoms with van der Waals surface area (Å²) in [5.41, 5.74) is 0.142. The zero-order chi connectivity index (χ0) is 14.6. The lowest BCUT2D eigenvalue weighted by molar-refractivity contribution is 0.275. The molecule has 6 nitrogen and oxygen atoms in total. The molecule has 0 unspecified atom stereocenters. The molecule has 1 fully saturated rings. The van der Waals surface area contributed by atoms with Crippen LogP contribution in [0, 0.1) is 22.7 Å². The average Bonchev–Trinajstić information content (AvgIpc) is 2.77. The Balaban J connectivity index is 2.39. The Morgan fingerprint density at radius 3 is 2.50 bits per heavy atom. The lowest BCUT2D eigenvalue weighted by Crippen LogP contribution is -2.40. The summed E-state index contributed by atoms with van der Waals surface area (Å²) in [4.78, 5) is 10.8. The van der Waals surface area contributed by atoms with Gasteiger partial charge in [0.05, 0.1) is 6.34 Å². The summed E-state index contributed by atoms with van der Waals surface area (Å²) in [6.45, 7) is 0. The molecule has 20 heavy (non-hydrogen) atoms. The van der Waals surface area contributed by atoms with Crippen molar-refractivity contribution in [2.24, 2.45) is 9.98 Å². The van der Waals surface area contributed by atoms with Crippen LogP contribution in [0.4, 0.5) is 0 Å². The van der Waals surface area contributed by atoms with E-state index < -0.39 is 0 Å². The molecule has 0 radical (unpaired) electrons. The van der Waals surface area contributed by atoms with Gasteiger partial charge >= 0.3 is 0 Å². The SMILES string of the molecule is CN(C)C=NC1=NC2(CCCCC2)NC1=C(C#N)C#N. The van der Waals surface area contributed by atoms with E-state index in [0.717, 1.165) is 25.7 Å². The summed E-state index contributed by atoms with van der Waals surface area (Å²) in [6.07, 6.45) is 6.88. The fourth-order valence-electron chi connectivity index (χ4n) is 2.52. The highest BCUT2D eigenvalue weighted by atomic mass is 15.3. The molecule has 1 spiro atoms. The maximum absolute atomic E-state index is 9.08. The predicted octanol–water partition coefficient (Wildman–Crippen LogP) is 1.54. The van der Waals surface area contributed by atoms with Gasteiger partial charge in [-0.2, -0.15) is 10.5 Å². The highest BCUT2D eigenvalue weighted by molar-refractivity contribution is 6.05. The minimum atomic E-state index is -0.370. The molecule has 1 aliphatic carbocycles. The molecule has 1 aliphatic heterocycles. The summed E-state index contributed by atoms with van der Waals surface area (Å²) in [7, 11) is 3.73. The van der Waals surface area contributed by atoms with Crippen molar-refractivity contribution in [1.29, 1.82) is 10.5 Å². The molecule has 0 bridgehead atoms. The van der Waals surface area contributed by atoms with Gasteiger partial charge in [0.25, 0.3) is 0 Å². The molecule has 1 heterocycles. The summed E-state index contributed by atoms with van der Waals surface area (Å²) < 4.78 is 0. The van der Waals surface area contributed by atoms with Crippen molar-refractivity contribution in [3.05, 3.63) is 11.3 Å². The topological polar surface area (TPSA) is 87.6 Å². The summed E-state index contributed by atoms with van der Waals surface area (Å²) in [5.74, 6) is 0.457. The van der Waals surface area contributed by atoms with Gasteiger partial charge in [0.15, 0.2) is 11.4 Å². The predicted molar refractivity (Wildman–Crippen MR) is 76.8 cm³/mol. The molecule has 0 aromatic carbocycles. The van der Waals surface area contributed by atoms with Crippen molar-refractivity contribution in [2.45, 2.75) is 37.8 Å². The minimum absolute atomic E-state index is 0.0436. The van der Waals surface area contributed by atoms with Gasteiger partial charge in [-0.1, -0.05) is 6.42 Å². The molecule has 6 heteroatoms. The molecule has 0 aromatic heterocycles. The van der Waals surface area contributed by atoms with Gasteiger partial charge in [0.2, 0.25) is 0 Å². The van der Waals surface area contributed by atoms with E-state index in [9.17, 15) is 0 Å². The first-order chi connectivity index (χ1) is 9.60. The average molecular weight is 270 g/mol. The van der Waals surface area contributed by atoms with Crippen molar-refractivity contribution in [3.8, 4) is 12.1 Å². The van der Waals surface area contributed by atoms with Crippen molar-refractivity contribution >= 4 is 12.2 Å². The Hall–Kier alpha value is -2.34. The summed E-state index contributed by atoms with van der Waals surface area (Å²) in [6, 6.07) is 3.84. The first-order valence-corrected chi connectivity index (χ1v) is 6.74. The Morgan fingerprint density at radius 1 is 1.30 bits per heavy atom. The molecular weight excluding hydrogens is 252 g/mol. The van der Waals surface area contributed by atoms with Crippen LogP contribution in [-0.4, -0.2) is 36.8 Å². The molecule has 2 aliphatic rings. The van der Waals surface area contributed by atoms with Crippen LogP contribution < -0.4 is 5.32 Å². The van der Waals surface area contributed by atoms with Gasteiger partial charge in [-0.3, -0.25) is 0 Å². The molecular formula is C14H18N6. The number of amidine groups is 1. The van der Waals surface area contributed by atoms with E-state index in [1.54, 1.807) is 11.2 Å². The van der Waals surface area contributed by atoms with E-state index in [1.165, 1.54) is 6.42 Å². The number of nitrogens with one attached hydrogen (secondary N) is 1. The number of aliphatic imine (C=N–C) groups is 2. The van der Waals surface area contributed by atoms with Gasteiger partial charge in [-0.15, -0.1) is 0 Å². The third kappa shape index (κ3) is 2.80. The van der Waals surface area contributed by atoms with E-state index in [4.69, 9.17) is 10.5 Å². The fourth-order valence-corrected chi connectivity index (χ4v) is 2.52. The van der Waals surface area contributed by atoms with Crippen LogP contribution in [0.25, 0.3) is 0 Å². The second-order valence-corrected chi connectivity index (χ2v) is 5.33. The Bertz CT molecular complexity index is 533. The molecule has 2 rings (SSSR count). The van der Waals surface area contributed by atoms with Crippen LogP contribution in [0.15, 0.2) is 21.3 Å². The maximum Gasteiger partial charge on any atom is 0.176 e. The molecule has 104 valence electrons. The van der Waals surface area contributed by atoms with E-state index >= 15 is 0 Å². The second-order valence-electron chi connectivity index (χ2n) is 5.33. The number of rotatable bonds is 1. The van der Waals surface area contributed by atoms with Crippen LogP contribution in [-0.2, 0) is 0 Å². The van der Waals surface area contributed by atoms with E-state index in [1.807, 2.05) is 26.2 Å². The highest BCUT2D eigenvalue weighted by Gasteiger charge is 2.39. The smallest absolute Gasteiger partial charge is 0.176 e. The quantitative estimate of drug-likeness (QED) is 0.445. The third-order valence-corrected chi connectivity index (χ3v) is 3.47. The monoisotopic (exact) mass is 270 g/mol. The van der Waals surface area contributed by atoms with Crippen LogP contribution in [0.3, 0.4) is 0 Å². The van der Waals surface area contributed by atoms with Crippen molar-refractivity contribution in [2.75, 3.05) is 14.1 Å². The molecule has 1 N–H and O–H groups in total. The third-order valence-electron chi connectivity index (χ3n) is 3.47. The Labute approximate surface area is 119 Å². The minimum Gasteiger partial charge on any atom is -0.369 e. The van der Waals surface area contributed by atoms with Crippen LogP contribution in [0.5, 0.6) is 0 Å². The number of allylic oxidation sites excluding steroid dienone is 1. The Kier molecular flexibility index (Phi) is 4.05. The van der Waals surface area contributed by atoms with Gasteiger partial charge in [0, 0.05) is 14.1 Å². The number of hydrogen-bond acceptors (Lipinski definition) is 5. The van der Waals surface area contributed by atoms with Crippen molar-refractivity contribution in [1.82, 2.24) is 10.2 Å². The van der Waals surface area contributed by atoms with Crippen LogP contribution in [0.2, 0.25) is 0 Å². The maximum atomic E-state index is 9.08. The zero-order valence-electron chi connectivity index (χ0n) is 11.8. The van der Waals surface area contributed by atoms with Crippen LogP contribution in [0.1, 0.15) is 32.1 Å². The highest BCUT2D eigenvalue weighted by Crippen LogP contribution is 2.35. The second kappa shape index (κ2) is 5.75. The van der Waals surface area contributed by atoms with E-state index in [-0.39, 0.29) is 11.2 Å². The molecule has 0 atom stereocenters. The normalized spacial score (nSPS) is 20.2. The van der Waals surface area contributed by atoms with Crippen molar-refractivity contribution in [3.63, 3.8) is 0 Å².